The number of hydrogen-bond donors (Lipinski definition) is 2. The van der Waals surface area contributed by atoms with Gasteiger partial charge in [0.1, 0.15) is 11.9 Å². The van der Waals surface area contributed by atoms with Crippen LogP contribution in [0.4, 0.5) is 0 Å². The summed E-state index contributed by atoms with van der Waals surface area (Å²) in [4.78, 5) is 12.3. The van der Waals surface area contributed by atoms with Gasteiger partial charge >= 0.3 is 0 Å². The molecule has 4 nitrogen and oxygen atoms in total. The lowest BCUT2D eigenvalue weighted by atomic mass is 9.92. The fourth-order valence-corrected chi connectivity index (χ4v) is 3.61. The van der Waals surface area contributed by atoms with Gasteiger partial charge in [-0.15, -0.1) is 12.4 Å². The van der Waals surface area contributed by atoms with Gasteiger partial charge in [-0.1, -0.05) is 15.9 Å². The minimum absolute atomic E-state index is 0. The van der Waals surface area contributed by atoms with Crippen molar-refractivity contribution < 1.29 is 9.53 Å². The van der Waals surface area contributed by atoms with Crippen LogP contribution in [0.25, 0.3) is 0 Å². The zero-order valence-corrected chi connectivity index (χ0v) is 15.7. The Morgan fingerprint density at radius 3 is 2.70 bits per heavy atom. The number of ether oxygens (including phenoxy) is 1. The number of carbonyl (C=O) groups excluding carboxylic acids is 1. The predicted molar refractivity (Wildman–Crippen MR) is 97.1 cm³/mol. The second kappa shape index (κ2) is 7.86. The Morgan fingerprint density at radius 2 is 2.04 bits per heavy atom. The summed E-state index contributed by atoms with van der Waals surface area (Å²) in [6.07, 6.45) is 3.29. The van der Waals surface area contributed by atoms with Crippen LogP contribution >= 0.6 is 28.3 Å². The van der Waals surface area contributed by atoms with E-state index in [1.54, 1.807) is 0 Å². The standard InChI is InChI=1S/C17H23BrN2O2.ClH/c1-12(22-14-4-2-13(18)3-5-14)11-20-16(21)15-10-17(15)6-8-19-9-7-17;/h2-5,12,15,19H,6-11H2,1H3,(H,20,21);1H. The SMILES string of the molecule is CC(CNC(=O)C1CC12CCNCC2)Oc1ccc(Br)cc1.Cl. The number of halogens is 2. The highest BCUT2D eigenvalue weighted by molar-refractivity contribution is 9.10. The van der Waals surface area contributed by atoms with Crippen molar-refractivity contribution in [1.82, 2.24) is 10.6 Å². The zero-order valence-electron chi connectivity index (χ0n) is 13.3. The molecular weight excluding hydrogens is 380 g/mol. The molecule has 1 aromatic carbocycles. The molecule has 128 valence electrons. The molecule has 1 aliphatic carbocycles. The average molecular weight is 404 g/mol. The van der Waals surface area contributed by atoms with Gasteiger partial charge in [-0.25, -0.2) is 0 Å². The molecule has 0 bridgehead atoms. The van der Waals surface area contributed by atoms with E-state index in [4.69, 9.17) is 4.74 Å². The van der Waals surface area contributed by atoms with Crippen molar-refractivity contribution in [3.05, 3.63) is 28.7 Å². The molecular formula is C17H24BrClN2O2. The first-order chi connectivity index (χ1) is 10.6. The minimum atomic E-state index is -0.0344. The Morgan fingerprint density at radius 1 is 1.39 bits per heavy atom. The molecule has 1 spiro atoms. The van der Waals surface area contributed by atoms with E-state index in [9.17, 15) is 4.79 Å². The smallest absolute Gasteiger partial charge is 0.223 e. The molecule has 1 aliphatic heterocycles. The first-order valence-electron chi connectivity index (χ1n) is 8.00. The van der Waals surface area contributed by atoms with Crippen molar-refractivity contribution in [3.63, 3.8) is 0 Å². The topological polar surface area (TPSA) is 50.4 Å². The second-order valence-electron chi connectivity index (χ2n) is 6.50. The number of piperidine rings is 1. The van der Waals surface area contributed by atoms with E-state index in [0.717, 1.165) is 42.6 Å². The van der Waals surface area contributed by atoms with Crippen LogP contribution in [0.3, 0.4) is 0 Å². The molecule has 2 atom stereocenters. The first kappa shape index (κ1) is 18.6. The maximum absolute atomic E-state index is 12.3. The third-order valence-electron chi connectivity index (χ3n) is 4.82. The molecule has 3 rings (SSSR count). The van der Waals surface area contributed by atoms with Crippen LogP contribution in [0.2, 0.25) is 0 Å². The van der Waals surface area contributed by atoms with E-state index >= 15 is 0 Å². The number of amides is 1. The fraction of sp³-hybridized carbons (Fsp3) is 0.588. The number of carbonyl (C=O) groups is 1. The third kappa shape index (κ3) is 4.61. The quantitative estimate of drug-likeness (QED) is 0.794. The summed E-state index contributed by atoms with van der Waals surface area (Å²) >= 11 is 3.40. The zero-order chi connectivity index (χ0) is 15.6. The lowest BCUT2D eigenvalue weighted by Crippen LogP contribution is -2.37. The first-order valence-corrected chi connectivity index (χ1v) is 8.79. The Balaban J connectivity index is 0.00000192. The van der Waals surface area contributed by atoms with Gasteiger partial charge in [0, 0.05) is 10.4 Å². The summed E-state index contributed by atoms with van der Waals surface area (Å²) in [6, 6.07) is 7.75. The Labute approximate surface area is 152 Å². The number of hydrogen-bond acceptors (Lipinski definition) is 3. The number of rotatable bonds is 5. The van der Waals surface area contributed by atoms with Gasteiger partial charge in [0.15, 0.2) is 0 Å². The summed E-state index contributed by atoms with van der Waals surface area (Å²) in [5.41, 5.74) is 0.297. The van der Waals surface area contributed by atoms with Crippen molar-refractivity contribution in [2.75, 3.05) is 19.6 Å². The van der Waals surface area contributed by atoms with Crippen LogP contribution in [0, 0.1) is 11.3 Å². The molecule has 1 heterocycles. The van der Waals surface area contributed by atoms with E-state index in [-0.39, 0.29) is 30.3 Å². The molecule has 2 N–H and O–H groups in total. The monoisotopic (exact) mass is 402 g/mol. The highest BCUT2D eigenvalue weighted by Gasteiger charge is 2.57. The second-order valence-corrected chi connectivity index (χ2v) is 7.41. The van der Waals surface area contributed by atoms with Crippen LogP contribution in [-0.4, -0.2) is 31.6 Å². The lowest BCUT2D eigenvalue weighted by Gasteiger charge is -2.23. The van der Waals surface area contributed by atoms with Gasteiger partial charge in [-0.05, 0) is 69.0 Å². The van der Waals surface area contributed by atoms with Crippen molar-refractivity contribution in [2.24, 2.45) is 11.3 Å². The Hall–Kier alpha value is -0.780. The molecule has 6 heteroatoms. The normalized spacial score (nSPS) is 22.8. The van der Waals surface area contributed by atoms with Crippen molar-refractivity contribution >= 4 is 34.2 Å². The summed E-state index contributed by atoms with van der Waals surface area (Å²) < 4.78 is 6.84. The predicted octanol–water partition coefficient (Wildman–Crippen LogP) is 3.14. The summed E-state index contributed by atoms with van der Waals surface area (Å²) in [5.74, 6) is 1.24. The van der Waals surface area contributed by atoms with Gasteiger partial charge in [-0.3, -0.25) is 4.79 Å². The van der Waals surface area contributed by atoms with Crippen molar-refractivity contribution in [3.8, 4) is 5.75 Å². The molecule has 0 aromatic heterocycles. The lowest BCUT2D eigenvalue weighted by molar-refractivity contribution is -0.123. The van der Waals surface area contributed by atoms with Gasteiger partial charge in [0.05, 0.1) is 6.54 Å². The molecule has 1 amide bonds. The van der Waals surface area contributed by atoms with E-state index in [2.05, 4.69) is 26.6 Å². The van der Waals surface area contributed by atoms with E-state index < -0.39 is 0 Å². The Bertz CT molecular complexity index is 532. The maximum atomic E-state index is 12.3. The van der Waals surface area contributed by atoms with E-state index in [0.29, 0.717) is 12.0 Å². The summed E-state index contributed by atoms with van der Waals surface area (Å²) in [7, 11) is 0. The van der Waals surface area contributed by atoms with Crippen molar-refractivity contribution in [2.45, 2.75) is 32.3 Å². The molecule has 2 aliphatic rings. The highest BCUT2D eigenvalue weighted by Crippen LogP contribution is 2.58. The molecule has 1 saturated heterocycles. The van der Waals surface area contributed by atoms with Crippen molar-refractivity contribution in [1.29, 1.82) is 0 Å². The highest BCUT2D eigenvalue weighted by atomic mass is 79.9. The van der Waals surface area contributed by atoms with E-state index in [1.807, 2.05) is 31.2 Å². The van der Waals surface area contributed by atoms with Crippen LogP contribution < -0.4 is 15.4 Å². The largest absolute Gasteiger partial charge is 0.489 e. The molecule has 23 heavy (non-hydrogen) atoms. The molecule has 2 fully saturated rings. The van der Waals surface area contributed by atoms with Crippen LogP contribution in [0.1, 0.15) is 26.2 Å². The van der Waals surface area contributed by atoms with Gasteiger partial charge in [0.2, 0.25) is 5.91 Å². The van der Waals surface area contributed by atoms with Gasteiger partial charge in [0.25, 0.3) is 0 Å². The molecule has 0 radical (unpaired) electrons. The minimum Gasteiger partial charge on any atom is -0.489 e. The Kier molecular flexibility index (Phi) is 6.34. The molecule has 1 aromatic rings. The average Bonchev–Trinajstić information content (AvgIpc) is 3.21. The van der Waals surface area contributed by atoms with E-state index in [1.165, 1.54) is 0 Å². The van der Waals surface area contributed by atoms with Crippen LogP contribution in [0.5, 0.6) is 5.75 Å². The fourth-order valence-electron chi connectivity index (χ4n) is 3.35. The number of benzene rings is 1. The van der Waals surface area contributed by atoms with Gasteiger partial charge in [-0.2, -0.15) is 0 Å². The number of nitrogens with one attached hydrogen (secondary N) is 2. The van der Waals surface area contributed by atoms with Crippen LogP contribution in [-0.2, 0) is 4.79 Å². The molecule has 2 unspecified atom stereocenters. The summed E-state index contributed by atoms with van der Waals surface area (Å²) in [5, 5.41) is 6.42. The summed E-state index contributed by atoms with van der Waals surface area (Å²) in [6.45, 7) is 4.63. The maximum Gasteiger partial charge on any atom is 0.223 e. The molecule has 1 saturated carbocycles. The third-order valence-corrected chi connectivity index (χ3v) is 5.35. The van der Waals surface area contributed by atoms with Gasteiger partial charge < -0.3 is 15.4 Å². The van der Waals surface area contributed by atoms with Crippen LogP contribution in [0.15, 0.2) is 28.7 Å².